The highest BCUT2D eigenvalue weighted by Gasteiger charge is 2.47. The van der Waals surface area contributed by atoms with Gasteiger partial charge in [-0.2, -0.15) is 0 Å². The van der Waals surface area contributed by atoms with Crippen LogP contribution in [-0.4, -0.2) is 58.6 Å². The number of hydrogen-bond donors (Lipinski definition) is 0. The molecule has 1 saturated heterocycles. The number of aromatic nitrogens is 2. The highest BCUT2D eigenvalue weighted by Crippen LogP contribution is 2.35. The van der Waals surface area contributed by atoms with Crippen molar-refractivity contribution in [1.29, 1.82) is 0 Å². The van der Waals surface area contributed by atoms with Gasteiger partial charge in [-0.15, -0.1) is 0 Å². The summed E-state index contributed by atoms with van der Waals surface area (Å²) in [6.07, 6.45) is 3.45. The maximum atomic E-state index is 13.8. The van der Waals surface area contributed by atoms with E-state index in [1.165, 1.54) is 4.57 Å². The van der Waals surface area contributed by atoms with Crippen molar-refractivity contribution >= 4 is 17.0 Å². The Morgan fingerprint density at radius 2 is 2.12 bits per heavy atom. The van der Waals surface area contributed by atoms with E-state index in [4.69, 9.17) is 9.15 Å². The third kappa shape index (κ3) is 3.98. The third-order valence-electron chi connectivity index (χ3n) is 7.03. The molecule has 0 aliphatic carbocycles. The third-order valence-corrected chi connectivity index (χ3v) is 7.03. The van der Waals surface area contributed by atoms with Crippen molar-refractivity contribution in [1.82, 2.24) is 19.4 Å². The summed E-state index contributed by atoms with van der Waals surface area (Å²) in [6, 6.07) is 7.97. The first-order valence-electron chi connectivity index (χ1n) is 11.4. The van der Waals surface area contributed by atoms with Crippen LogP contribution in [-0.2, 0) is 36.1 Å². The molecule has 0 unspecified atom stereocenters. The number of rotatable bonds is 5. The number of benzene rings is 1. The number of nitrogens with zero attached hydrogens (tertiary/aromatic N) is 4. The standard InChI is InChI=1S/C25H30N4O4/c1-17-10-19-14-29(8-6-20(19)26-12-17)23(30)25(16-32-3)7-9-28(15-25)13-18-4-5-22-21(11-18)27(2)24(31)33-22/h4-5,10-12H,6-9,13-16H2,1-3H3/t25-/m1/s1. The number of ether oxygens (including phenoxy) is 1. The molecule has 2 aliphatic rings. The molecule has 3 aromatic rings. The Hall–Kier alpha value is -2.97. The summed E-state index contributed by atoms with van der Waals surface area (Å²) in [6.45, 7) is 5.93. The number of aryl methyl sites for hydroxylation is 2. The number of amides is 1. The van der Waals surface area contributed by atoms with Crippen LogP contribution in [0.15, 0.2) is 39.7 Å². The average Bonchev–Trinajstić information content (AvgIpc) is 3.34. The lowest BCUT2D eigenvalue weighted by atomic mass is 9.85. The highest BCUT2D eigenvalue weighted by atomic mass is 16.5. The van der Waals surface area contributed by atoms with Gasteiger partial charge < -0.3 is 14.1 Å². The minimum Gasteiger partial charge on any atom is -0.408 e. The van der Waals surface area contributed by atoms with Gasteiger partial charge in [-0.05, 0) is 48.7 Å². The lowest BCUT2D eigenvalue weighted by Gasteiger charge is -2.36. The number of methoxy groups -OCH3 is 1. The zero-order valence-corrected chi connectivity index (χ0v) is 19.5. The minimum atomic E-state index is -0.546. The molecular formula is C25H30N4O4. The summed E-state index contributed by atoms with van der Waals surface area (Å²) < 4.78 is 12.3. The summed E-state index contributed by atoms with van der Waals surface area (Å²) in [5.41, 5.74) is 5.29. The molecule has 1 fully saturated rings. The summed E-state index contributed by atoms with van der Waals surface area (Å²) >= 11 is 0. The quantitative estimate of drug-likeness (QED) is 0.593. The first-order valence-corrected chi connectivity index (χ1v) is 11.4. The van der Waals surface area contributed by atoms with Crippen LogP contribution >= 0.6 is 0 Å². The topological polar surface area (TPSA) is 80.8 Å². The molecule has 1 atom stereocenters. The number of oxazole rings is 1. The second kappa shape index (κ2) is 8.43. The molecule has 1 amide bonds. The van der Waals surface area contributed by atoms with Gasteiger partial charge in [0.15, 0.2) is 5.58 Å². The molecule has 2 aromatic heterocycles. The van der Waals surface area contributed by atoms with E-state index in [1.54, 1.807) is 14.2 Å². The van der Waals surface area contributed by atoms with Crippen molar-refractivity contribution in [3.8, 4) is 0 Å². The molecule has 8 nitrogen and oxygen atoms in total. The number of likely N-dealkylation sites (tertiary alicyclic amines) is 1. The minimum absolute atomic E-state index is 0.173. The molecule has 0 N–H and O–H groups in total. The fourth-order valence-corrected chi connectivity index (χ4v) is 5.31. The van der Waals surface area contributed by atoms with Gasteiger partial charge in [-0.1, -0.05) is 12.1 Å². The number of carbonyl (C=O) groups excluding carboxylic acids is 1. The first-order chi connectivity index (χ1) is 15.9. The summed E-state index contributed by atoms with van der Waals surface area (Å²) in [4.78, 5) is 34.4. The van der Waals surface area contributed by atoms with Crippen LogP contribution in [0.4, 0.5) is 0 Å². The fraction of sp³-hybridized carbons (Fsp3) is 0.480. The van der Waals surface area contributed by atoms with Gasteiger partial charge in [-0.25, -0.2) is 4.79 Å². The molecule has 0 spiro atoms. The van der Waals surface area contributed by atoms with Gasteiger partial charge in [0, 0.05) is 58.6 Å². The van der Waals surface area contributed by atoms with Gasteiger partial charge in [0.2, 0.25) is 5.91 Å². The second-order valence-electron chi connectivity index (χ2n) is 9.50. The molecule has 0 bridgehead atoms. The zero-order chi connectivity index (χ0) is 23.2. The van der Waals surface area contributed by atoms with E-state index in [0.717, 1.165) is 47.3 Å². The van der Waals surface area contributed by atoms with Gasteiger partial charge in [-0.3, -0.25) is 19.2 Å². The van der Waals surface area contributed by atoms with Crippen LogP contribution < -0.4 is 5.76 Å². The van der Waals surface area contributed by atoms with E-state index in [9.17, 15) is 9.59 Å². The van der Waals surface area contributed by atoms with E-state index < -0.39 is 5.41 Å². The number of hydrogen-bond acceptors (Lipinski definition) is 6. The predicted molar refractivity (Wildman–Crippen MR) is 124 cm³/mol. The smallest absolute Gasteiger partial charge is 0.408 e. The number of fused-ring (bicyclic) bond motifs is 2. The highest BCUT2D eigenvalue weighted by molar-refractivity contribution is 5.84. The monoisotopic (exact) mass is 450 g/mol. The van der Waals surface area contributed by atoms with E-state index in [1.807, 2.05) is 36.2 Å². The summed E-state index contributed by atoms with van der Waals surface area (Å²) in [5.74, 6) is -0.187. The van der Waals surface area contributed by atoms with Crippen LogP contribution in [0.1, 0.15) is 28.8 Å². The van der Waals surface area contributed by atoms with Crippen molar-refractivity contribution in [2.24, 2.45) is 12.5 Å². The molecular weight excluding hydrogens is 420 g/mol. The number of carbonyl (C=O) groups is 1. The largest absolute Gasteiger partial charge is 0.419 e. The van der Waals surface area contributed by atoms with Crippen molar-refractivity contribution in [2.75, 3.05) is 33.4 Å². The normalized spacial score (nSPS) is 21.0. The molecule has 4 heterocycles. The molecule has 2 aliphatic heterocycles. The SMILES string of the molecule is COC[C@@]1(C(=O)N2CCc3ncc(C)cc3C2)CCN(Cc2ccc3oc(=O)n(C)c3c2)C1. The van der Waals surface area contributed by atoms with Gasteiger partial charge in [0.05, 0.1) is 17.5 Å². The van der Waals surface area contributed by atoms with Gasteiger partial charge in [0.25, 0.3) is 0 Å². The van der Waals surface area contributed by atoms with Gasteiger partial charge in [0.1, 0.15) is 0 Å². The molecule has 33 heavy (non-hydrogen) atoms. The molecule has 8 heteroatoms. The van der Waals surface area contributed by atoms with E-state index in [2.05, 4.69) is 16.0 Å². The van der Waals surface area contributed by atoms with Crippen molar-refractivity contribution in [2.45, 2.75) is 32.9 Å². The van der Waals surface area contributed by atoms with E-state index in [-0.39, 0.29) is 11.7 Å². The Labute approximate surface area is 192 Å². The Morgan fingerprint density at radius 3 is 2.94 bits per heavy atom. The maximum absolute atomic E-state index is 13.8. The Morgan fingerprint density at radius 1 is 1.27 bits per heavy atom. The Balaban J connectivity index is 1.33. The average molecular weight is 451 g/mol. The lowest BCUT2D eigenvalue weighted by molar-refractivity contribution is -0.145. The van der Waals surface area contributed by atoms with Crippen LogP contribution in [0, 0.1) is 12.3 Å². The van der Waals surface area contributed by atoms with Crippen LogP contribution in [0.25, 0.3) is 11.1 Å². The molecule has 5 rings (SSSR count). The molecule has 0 saturated carbocycles. The second-order valence-corrected chi connectivity index (χ2v) is 9.50. The van der Waals surface area contributed by atoms with Crippen molar-refractivity contribution in [3.05, 3.63) is 63.4 Å². The van der Waals surface area contributed by atoms with Crippen LogP contribution in [0.2, 0.25) is 0 Å². The zero-order valence-electron chi connectivity index (χ0n) is 19.5. The van der Waals surface area contributed by atoms with Crippen LogP contribution in [0.5, 0.6) is 0 Å². The molecule has 0 radical (unpaired) electrons. The first kappa shape index (κ1) is 21.9. The predicted octanol–water partition coefficient (Wildman–Crippen LogP) is 2.26. The Kier molecular flexibility index (Phi) is 5.58. The molecule has 174 valence electrons. The fourth-order valence-electron chi connectivity index (χ4n) is 5.31. The molecule has 1 aromatic carbocycles. The lowest BCUT2D eigenvalue weighted by Crippen LogP contribution is -2.49. The van der Waals surface area contributed by atoms with Gasteiger partial charge >= 0.3 is 5.76 Å². The van der Waals surface area contributed by atoms with E-state index in [0.29, 0.717) is 38.4 Å². The van der Waals surface area contributed by atoms with Crippen LogP contribution in [0.3, 0.4) is 0 Å². The number of pyridine rings is 1. The van der Waals surface area contributed by atoms with Crippen molar-refractivity contribution in [3.63, 3.8) is 0 Å². The van der Waals surface area contributed by atoms with Crippen molar-refractivity contribution < 1.29 is 13.9 Å². The van der Waals surface area contributed by atoms with E-state index >= 15 is 0 Å². The Bertz CT molecular complexity index is 1260. The summed E-state index contributed by atoms with van der Waals surface area (Å²) in [5, 5.41) is 0. The summed E-state index contributed by atoms with van der Waals surface area (Å²) in [7, 11) is 3.38. The maximum Gasteiger partial charge on any atom is 0.419 e.